The Morgan fingerprint density at radius 1 is 1.30 bits per heavy atom. The van der Waals surface area contributed by atoms with Crippen LogP contribution < -0.4 is 5.73 Å². The lowest BCUT2D eigenvalue weighted by Gasteiger charge is -2.20. The highest BCUT2D eigenvalue weighted by atomic mass is 79.9. The summed E-state index contributed by atoms with van der Waals surface area (Å²) in [6.07, 6.45) is 1.81. The molecule has 0 saturated heterocycles. The van der Waals surface area contributed by atoms with Gasteiger partial charge in [0.2, 0.25) is 0 Å². The fourth-order valence-corrected chi connectivity index (χ4v) is 3.25. The summed E-state index contributed by atoms with van der Waals surface area (Å²) >= 11 is 3.48. The topological polar surface area (TPSA) is 77.0 Å². The average Bonchev–Trinajstić information content (AvgIpc) is 2.77. The fourth-order valence-electron chi connectivity index (χ4n) is 2.90. The van der Waals surface area contributed by atoms with Crippen molar-refractivity contribution in [1.29, 1.82) is 0 Å². The number of benzene rings is 1. The van der Waals surface area contributed by atoms with Gasteiger partial charge in [0.25, 0.3) is 0 Å². The molecule has 0 atom stereocenters. The van der Waals surface area contributed by atoms with E-state index in [4.69, 9.17) is 10.7 Å². The van der Waals surface area contributed by atoms with Gasteiger partial charge in [0.15, 0.2) is 5.82 Å². The van der Waals surface area contributed by atoms with E-state index >= 15 is 0 Å². The lowest BCUT2D eigenvalue weighted by Crippen LogP contribution is -2.27. The molecular weight excluding hydrogens is 356 g/mol. The van der Waals surface area contributed by atoms with Gasteiger partial charge < -0.3 is 15.4 Å². The maximum absolute atomic E-state index is 10.3. The standard InChI is InChI=1S/C17H21BrN4O/c1-4-5-13-21-14-15(22(13)9-17(2,3)23)11-7-6-10(18)8-12(11)20-16(14)19/h6-8,23H,4-5,9H2,1-3H3,(H2,19,20). The van der Waals surface area contributed by atoms with Gasteiger partial charge in [-0.15, -0.1) is 0 Å². The highest BCUT2D eigenvalue weighted by molar-refractivity contribution is 9.10. The number of nitrogen functional groups attached to an aromatic ring is 1. The number of nitrogens with two attached hydrogens (primary N) is 1. The number of fused-ring (bicyclic) bond motifs is 3. The van der Waals surface area contributed by atoms with Crippen LogP contribution in [0.5, 0.6) is 0 Å². The van der Waals surface area contributed by atoms with Gasteiger partial charge in [-0.25, -0.2) is 9.97 Å². The van der Waals surface area contributed by atoms with Crippen molar-refractivity contribution in [2.75, 3.05) is 5.73 Å². The molecule has 0 fully saturated rings. The molecule has 0 bridgehead atoms. The van der Waals surface area contributed by atoms with Crippen LogP contribution in [0.25, 0.3) is 21.9 Å². The third-order valence-electron chi connectivity index (χ3n) is 3.76. The van der Waals surface area contributed by atoms with Crippen LogP contribution in [0.3, 0.4) is 0 Å². The van der Waals surface area contributed by atoms with Crippen LogP contribution in [0.1, 0.15) is 33.0 Å². The van der Waals surface area contributed by atoms with E-state index in [9.17, 15) is 5.11 Å². The Morgan fingerprint density at radius 3 is 2.70 bits per heavy atom. The first-order valence-corrected chi connectivity index (χ1v) is 8.55. The van der Waals surface area contributed by atoms with Gasteiger partial charge in [-0.1, -0.05) is 22.9 Å². The highest BCUT2D eigenvalue weighted by Gasteiger charge is 2.22. The number of aryl methyl sites for hydroxylation is 1. The van der Waals surface area contributed by atoms with Gasteiger partial charge >= 0.3 is 0 Å². The molecule has 2 heterocycles. The second kappa shape index (κ2) is 5.76. The Balaban J connectivity index is 2.40. The molecule has 6 heteroatoms. The molecule has 3 aromatic rings. The van der Waals surface area contributed by atoms with E-state index in [1.165, 1.54) is 0 Å². The molecule has 0 aliphatic rings. The van der Waals surface area contributed by atoms with Crippen molar-refractivity contribution in [3.05, 3.63) is 28.5 Å². The van der Waals surface area contributed by atoms with Crippen LogP contribution >= 0.6 is 15.9 Å². The van der Waals surface area contributed by atoms with Crippen molar-refractivity contribution in [3.8, 4) is 0 Å². The largest absolute Gasteiger partial charge is 0.389 e. The van der Waals surface area contributed by atoms with Crippen LogP contribution in [0.4, 0.5) is 5.82 Å². The maximum atomic E-state index is 10.3. The first-order chi connectivity index (χ1) is 10.8. The monoisotopic (exact) mass is 376 g/mol. The number of rotatable bonds is 4. The molecule has 23 heavy (non-hydrogen) atoms. The molecule has 0 amide bonds. The van der Waals surface area contributed by atoms with Gasteiger partial charge in [0, 0.05) is 16.3 Å². The quantitative estimate of drug-likeness (QED) is 0.728. The van der Waals surface area contributed by atoms with Gasteiger partial charge in [0.05, 0.1) is 23.2 Å². The lowest BCUT2D eigenvalue weighted by molar-refractivity contribution is 0.0618. The normalized spacial score (nSPS) is 12.4. The summed E-state index contributed by atoms with van der Waals surface area (Å²) < 4.78 is 3.05. The number of pyridine rings is 1. The van der Waals surface area contributed by atoms with E-state index in [-0.39, 0.29) is 0 Å². The first kappa shape index (κ1) is 16.2. The van der Waals surface area contributed by atoms with Crippen LogP contribution in [0.2, 0.25) is 0 Å². The summed E-state index contributed by atoms with van der Waals surface area (Å²) in [5, 5.41) is 11.3. The first-order valence-electron chi connectivity index (χ1n) is 7.76. The van der Waals surface area contributed by atoms with E-state index in [2.05, 4.69) is 32.4 Å². The van der Waals surface area contributed by atoms with E-state index in [0.717, 1.165) is 39.6 Å². The third kappa shape index (κ3) is 3.05. The number of aromatic nitrogens is 3. The van der Waals surface area contributed by atoms with Crippen molar-refractivity contribution >= 4 is 43.7 Å². The van der Waals surface area contributed by atoms with Crippen molar-refractivity contribution < 1.29 is 5.11 Å². The van der Waals surface area contributed by atoms with Crippen molar-refractivity contribution in [2.45, 2.75) is 45.8 Å². The molecule has 0 radical (unpaired) electrons. The molecule has 0 saturated carbocycles. The predicted molar refractivity (Wildman–Crippen MR) is 97.4 cm³/mol. The molecule has 5 nitrogen and oxygen atoms in total. The maximum Gasteiger partial charge on any atom is 0.152 e. The summed E-state index contributed by atoms with van der Waals surface area (Å²) in [7, 11) is 0. The van der Waals surface area contributed by atoms with Crippen LogP contribution in [0.15, 0.2) is 22.7 Å². The van der Waals surface area contributed by atoms with E-state index in [0.29, 0.717) is 17.9 Å². The molecular formula is C17H21BrN4O. The summed E-state index contributed by atoms with van der Waals surface area (Å²) in [6, 6.07) is 5.96. The molecule has 0 aliphatic carbocycles. The summed E-state index contributed by atoms with van der Waals surface area (Å²) in [6.45, 7) is 6.19. The van der Waals surface area contributed by atoms with Gasteiger partial charge in [-0.2, -0.15) is 0 Å². The molecule has 0 aliphatic heterocycles. The van der Waals surface area contributed by atoms with Gasteiger partial charge in [0.1, 0.15) is 11.3 Å². The predicted octanol–water partition coefficient (Wildman–Crippen LogP) is 3.65. The molecule has 3 N–H and O–H groups in total. The van der Waals surface area contributed by atoms with Crippen LogP contribution in [-0.2, 0) is 13.0 Å². The Kier molecular flexibility index (Phi) is 4.06. The Labute approximate surface area is 143 Å². The second-order valence-corrected chi connectivity index (χ2v) is 7.45. The number of halogens is 1. The minimum absolute atomic E-state index is 0.428. The molecule has 1 aromatic carbocycles. The minimum atomic E-state index is -0.837. The molecule has 3 rings (SSSR count). The highest BCUT2D eigenvalue weighted by Crippen LogP contribution is 2.31. The van der Waals surface area contributed by atoms with E-state index < -0.39 is 5.60 Å². The molecule has 2 aromatic heterocycles. The number of aliphatic hydroxyl groups is 1. The Bertz CT molecular complexity index is 880. The van der Waals surface area contributed by atoms with Crippen molar-refractivity contribution in [2.24, 2.45) is 0 Å². The zero-order valence-electron chi connectivity index (χ0n) is 13.6. The van der Waals surface area contributed by atoms with Crippen molar-refractivity contribution in [1.82, 2.24) is 14.5 Å². The molecule has 0 unspecified atom stereocenters. The number of hydrogen-bond donors (Lipinski definition) is 2. The zero-order valence-corrected chi connectivity index (χ0v) is 15.2. The van der Waals surface area contributed by atoms with Crippen LogP contribution in [0, 0.1) is 0 Å². The number of imidazole rings is 1. The SMILES string of the molecule is CCCc1nc2c(N)nc3cc(Br)ccc3c2n1CC(C)(C)O. The Morgan fingerprint density at radius 2 is 2.04 bits per heavy atom. The van der Waals surface area contributed by atoms with Gasteiger partial charge in [-0.05, 0) is 38.5 Å². The third-order valence-corrected chi connectivity index (χ3v) is 4.26. The van der Waals surface area contributed by atoms with Gasteiger partial charge in [-0.3, -0.25) is 0 Å². The molecule has 0 spiro atoms. The second-order valence-electron chi connectivity index (χ2n) is 6.53. The zero-order chi connectivity index (χ0) is 16.8. The number of hydrogen-bond acceptors (Lipinski definition) is 4. The minimum Gasteiger partial charge on any atom is -0.389 e. The summed E-state index contributed by atoms with van der Waals surface area (Å²) in [4.78, 5) is 9.20. The number of nitrogens with zero attached hydrogens (tertiary/aromatic N) is 3. The number of anilines is 1. The Hall–Kier alpha value is -1.66. The van der Waals surface area contributed by atoms with E-state index in [1.54, 1.807) is 13.8 Å². The van der Waals surface area contributed by atoms with Crippen molar-refractivity contribution in [3.63, 3.8) is 0 Å². The fraction of sp³-hybridized carbons (Fsp3) is 0.412. The summed E-state index contributed by atoms with van der Waals surface area (Å²) in [5.41, 5.74) is 7.80. The lowest BCUT2D eigenvalue weighted by atomic mass is 10.1. The summed E-state index contributed by atoms with van der Waals surface area (Å²) in [5.74, 6) is 1.37. The smallest absolute Gasteiger partial charge is 0.152 e. The van der Waals surface area contributed by atoms with Crippen LogP contribution in [-0.4, -0.2) is 25.2 Å². The van der Waals surface area contributed by atoms with E-state index in [1.807, 2.05) is 18.2 Å². The average molecular weight is 377 g/mol. The molecule has 122 valence electrons.